The molecule has 0 fully saturated rings. The zero-order valence-electron chi connectivity index (χ0n) is 12.3. The maximum Gasteiger partial charge on any atom is 0.344 e. The number of carbonyl (C=O) groups excluding carboxylic acids is 1. The van der Waals surface area contributed by atoms with E-state index >= 15 is 0 Å². The molecule has 0 saturated carbocycles. The summed E-state index contributed by atoms with van der Waals surface area (Å²) in [6.45, 7) is 4.10. The monoisotopic (exact) mass is 296 g/mol. The number of benzene rings is 1. The Kier molecular flexibility index (Phi) is 7.08. The van der Waals surface area contributed by atoms with Crippen LogP contribution >= 0.6 is 0 Å². The van der Waals surface area contributed by atoms with E-state index in [2.05, 4.69) is 0 Å². The van der Waals surface area contributed by atoms with E-state index in [-0.39, 0.29) is 17.9 Å². The van der Waals surface area contributed by atoms with Gasteiger partial charge in [0.05, 0.1) is 13.2 Å². The van der Waals surface area contributed by atoms with Crippen LogP contribution < -0.4 is 9.47 Å². The molecule has 0 aliphatic rings. The van der Waals surface area contributed by atoms with Crippen LogP contribution in [0.4, 0.5) is 0 Å². The summed E-state index contributed by atoms with van der Waals surface area (Å²) in [5, 5.41) is 9.15. The van der Waals surface area contributed by atoms with Crippen molar-refractivity contribution in [1.29, 1.82) is 0 Å². The highest BCUT2D eigenvalue weighted by Crippen LogP contribution is 2.31. The highest BCUT2D eigenvalue weighted by molar-refractivity contribution is 5.92. The van der Waals surface area contributed by atoms with Crippen LogP contribution in [0.15, 0.2) is 18.2 Å². The van der Waals surface area contributed by atoms with Gasteiger partial charge in [-0.3, -0.25) is 0 Å². The highest BCUT2D eigenvalue weighted by atomic mass is 16.6. The molecular weight excluding hydrogens is 276 g/mol. The molecule has 0 heterocycles. The molecule has 0 aromatic heterocycles. The molecule has 0 saturated heterocycles. The van der Waals surface area contributed by atoms with E-state index in [0.29, 0.717) is 19.0 Å². The number of ether oxygens (including phenoxy) is 3. The zero-order chi connectivity index (χ0) is 15.7. The molecule has 0 atom stereocenters. The van der Waals surface area contributed by atoms with Crippen molar-refractivity contribution in [2.24, 2.45) is 0 Å². The first-order valence-electron chi connectivity index (χ1n) is 6.87. The second-order valence-electron chi connectivity index (χ2n) is 4.23. The van der Waals surface area contributed by atoms with Crippen LogP contribution in [-0.2, 0) is 9.53 Å². The largest absolute Gasteiger partial charge is 0.490 e. The van der Waals surface area contributed by atoms with Crippen molar-refractivity contribution in [3.63, 3.8) is 0 Å². The van der Waals surface area contributed by atoms with Gasteiger partial charge in [0.2, 0.25) is 0 Å². The van der Waals surface area contributed by atoms with Crippen molar-refractivity contribution in [3.05, 3.63) is 23.8 Å². The molecular formula is C15H20O6. The van der Waals surface area contributed by atoms with E-state index in [1.54, 1.807) is 19.1 Å². The lowest BCUT2D eigenvalue weighted by molar-refractivity contribution is -0.146. The van der Waals surface area contributed by atoms with E-state index < -0.39 is 11.9 Å². The van der Waals surface area contributed by atoms with Gasteiger partial charge in [-0.05, 0) is 25.5 Å². The molecule has 21 heavy (non-hydrogen) atoms. The summed E-state index contributed by atoms with van der Waals surface area (Å²) in [5.41, 5.74) is -0.0534. The first-order chi connectivity index (χ1) is 10.1. The maximum atomic E-state index is 11.5. The second kappa shape index (κ2) is 8.84. The van der Waals surface area contributed by atoms with Gasteiger partial charge in [-0.1, -0.05) is 19.4 Å². The van der Waals surface area contributed by atoms with E-state index in [1.807, 2.05) is 6.92 Å². The van der Waals surface area contributed by atoms with Gasteiger partial charge in [0.15, 0.2) is 18.1 Å². The lowest BCUT2D eigenvalue weighted by Crippen LogP contribution is -2.17. The Balaban J connectivity index is 2.75. The first-order valence-corrected chi connectivity index (χ1v) is 6.87. The lowest BCUT2D eigenvalue weighted by Gasteiger charge is -2.13. The van der Waals surface area contributed by atoms with Crippen LogP contribution in [0.1, 0.15) is 37.0 Å². The standard InChI is InChI=1S/C15H20O6/c1-3-5-9-20-13(16)10-21-14-11(15(17)18)7-6-8-12(14)19-4-2/h6-8H,3-5,9-10H2,1-2H3,(H,17,18). The number of carboxylic acid groups (broad SMARTS) is 1. The average Bonchev–Trinajstić information content (AvgIpc) is 2.46. The van der Waals surface area contributed by atoms with Gasteiger partial charge in [0.1, 0.15) is 5.56 Å². The SMILES string of the molecule is CCCCOC(=O)COc1c(OCC)cccc1C(=O)O. The van der Waals surface area contributed by atoms with E-state index in [4.69, 9.17) is 19.3 Å². The third kappa shape index (κ3) is 5.33. The predicted octanol–water partition coefficient (Wildman–Crippen LogP) is 2.51. The zero-order valence-corrected chi connectivity index (χ0v) is 12.3. The van der Waals surface area contributed by atoms with Crippen LogP contribution in [0.5, 0.6) is 11.5 Å². The van der Waals surface area contributed by atoms with Crippen LogP contribution in [-0.4, -0.2) is 36.9 Å². The molecule has 0 radical (unpaired) electrons. The third-order valence-corrected chi connectivity index (χ3v) is 2.60. The molecule has 0 aliphatic heterocycles. The van der Waals surface area contributed by atoms with Crippen LogP contribution in [0, 0.1) is 0 Å². The summed E-state index contributed by atoms with van der Waals surface area (Å²) in [5.74, 6) is -1.35. The van der Waals surface area contributed by atoms with Gasteiger partial charge in [0, 0.05) is 0 Å². The Morgan fingerprint density at radius 1 is 1.19 bits per heavy atom. The van der Waals surface area contributed by atoms with Crippen LogP contribution in [0.25, 0.3) is 0 Å². The highest BCUT2D eigenvalue weighted by Gasteiger charge is 2.18. The summed E-state index contributed by atoms with van der Waals surface area (Å²) >= 11 is 0. The van der Waals surface area contributed by atoms with Crippen molar-refractivity contribution in [1.82, 2.24) is 0 Å². The summed E-state index contributed by atoms with van der Waals surface area (Å²) in [6.07, 6.45) is 1.70. The van der Waals surface area contributed by atoms with Gasteiger partial charge in [-0.25, -0.2) is 9.59 Å². The number of carboxylic acids is 1. The fraction of sp³-hybridized carbons (Fsp3) is 0.467. The van der Waals surface area contributed by atoms with Crippen LogP contribution in [0.3, 0.4) is 0 Å². The minimum absolute atomic E-state index is 0.0410. The molecule has 1 aromatic rings. The van der Waals surface area contributed by atoms with E-state index in [0.717, 1.165) is 12.8 Å². The van der Waals surface area contributed by atoms with Crippen molar-refractivity contribution < 1.29 is 28.9 Å². The fourth-order valence-electron chi connectivity index (χ4n) is 1.61. The Morgan fingerprint density at radius 2 is 1.95 bits per heavy atom. The Bertz CT molecular complexity index is 483. The van der Waals surface area contributed by atoms with E-state index in [9.17, 15) is 9.59 Å². The molecule has 1 aromatic carbocycles. The third-order valence-electron chi connectivity index (χ3n) is 2.60. The van der Waals surface area contributed by atoms with Crippen LogP contribution in [0.2, 0.25) is 0 Å². The van der Waals surface area contributed by atoms with E-state index in [1.165, 1.54) is 6.07 Å². The van der Waals surface area contributed by atoms with Gasteiger partial charge in [-0.2, -0.15) is 0 Å². The first kappa shape index (κ1) is 16.8. The fourth-order valence-corrected chi connectivity index (χ4v) is 1.61. The summed E-state index contributed by atoms with van der Waals surface area (Å²) in [6, 6.07) is 4.54. The molecule has 6 heteroatoms. The van der Waals surface area contributed by atoms with Crippen molar-refractivity contribution in [2.45, 2.75) is 26.7 Å². The maximum absolute atomic E-state index is 11.5. The Morgan fingerprint density at radius 3 is 2.57 bits per heavy atom. The molecule has 1 N–H and O–H groups in total. The molecule has 116 valence electrons. The van der Waals surface area contributed by atoms with Crippen molar-refractivity contribution >= 4 is 11.9 Å². The normalized spacial score (nSPS) is 10.0. The quantitative estimate of drug-likeness (QED) is 0.557. The summed E-state index contributed by atoms with van der Waals surface area (Å²) < 4.78 is 15.6. The van der Waals surface area contributed by atoms with Gasteiger partial charge in [-0.15, -0.1) is 0 Å². The molecule has 0 spiro atoms. The number of hydrogen-bond acceptors (Lipinski definition) is 5. The predicted molar refractivity (Wildman–Crippen MR) is 75.9 cm³/mol. The van der Waals surface area contributed by atoms with Gasteiger partial charge in [0.25, 0.3) is 0 Å². The number of hydrogen-bond donors (Lipinski definition) is 1. The topological polar surface area (TPSA) is 82.1 Å². The Hall–Kier alpha value is -2.24. The minimum Gasteiger partial charge on any atom is -0.490 e. The molecule has 0 unspecified atom stereocenters. The number of para-hydroxylation sites is 1. The smallest absolute Gasteiger partial charge is 0.344 e. The van der Waals surface area contributed by atoms with Crippen molar-refractivity contribution in [3.8, 4) is 11.5 Å². The number of unbranched alkanes of at least 4 members (excludes halogenated alkanes) is 1. The Labute approximate surface area is 123 Å². The number of rotatable bonds is 9. The minimum atomic E-state index is -1.15. The molecule has 0 bridgehead atoms. The number of carbonyl (C=O) groups is 2. The number of aromatic carboxylic acids is 1. The second-order valence-corrected chi connectivity index (χ2v) is 4.23. The number of esters is 1. The molecule has 0 amide bonds. The molecule has 6 nitrogen and oxygen atoms in total. The van der Waals surface area contributed by atoms with Gasteiger partial charge < -0.3 is 19.3 Å². The summed E-state index contributed by atoms with van der Waals surface area (Å²) in [7, 11) is 0. The lowest BCUT2D eigenvalue weighted by atomic mass is 10.2. The molecule has 1 rings (SSSR count). The summed E-state index contributed by atoms with van der Waals surface area (Å²) in [4.78, 5) is 22.7. The van der Waals surface area contributed by atoms with Crippen molar-refractivity contribution in [2.75, 3.05) is 19.8 Å². The van der Waals surface area contributed by atoms with Gasteiger partial charge >= 0.3 is 11.9 Å². The average molecular weight is 296 g/mol. The molecule has 0 aliphatic carbocycles.